The lowest BCUT2D eigenvalue weighted by Gasteiger charge is -2.30. The van der Waals surface area contributed by atoms with Crippen molar-refractivity contribution in [1.82, 2.24) is 4.72 Å². The highest BCUT2D eigenvalue weighted by molar-refractivity contribution is 7.89. The maximum atomic E-state index is 11.3. The summed E-state index contributed by atoms with van der Waals surface area (Å²) in [7, 11) is -2.99. The molecule has 0 spiro atoms. The van der Waals surface area contributed by atoms with Crippen molar-refractivity contribution in [3.63, 3.8) is 0 Å². The van der Waals surface area contributed by atoms with Crippen molar-refractivity contribution in [2.75, 3.05) is 5.75 Å². The van der Waals surface area contributed by atoms with Crippen LogP contribution in [0.2, 0.25) is 0 Å². The highest BCUT2D eigenvalue weighted by atomic mass is 32.2. The molecule has 1 N–H and O–H groups in total. The van der Waals surface area contributed by atoms with Gasteiger partial charge in [0, 0.05) is 6.04 Å². The first-order valence-electron chi connectivity index (χ1n) is 4.76. The third kappa shape index (κ3) is 2.44. The molecular weight excluding hydrogens is 186 g/mol. The first kappa shape index (κ1) is 11.0. The van der Waals surface area contributed by atoms with Crippen LogP contribution in [0.4, 0.5) is 0 Å². The largest absolute Gasteiger partial charge is 0.212 e. The fourth-order valence-electron chi connectivity index (χ4n) is 1.95. The quantitative estimate of drug-likeness (QED) is 0.702. The van der Waals surface area contributed by atoms with Gasteiger partial charge < -0.3 is 0 Å². The zero-order valence-corrected chi connectivity index (χ0v) is 9.61. The molecule has 4 heteroatoms. The van der Waals surface area contributed by atoms with Gasteiger partial charge in [-0.3, -0.25) is 0 Å². The summed E-state index contributed by atoms with van der Waals surface area (Å²) < 4.78 is 25.4. The van der Waals surface area contributed by atoms with Crippen molar-refractivity contribution in [2.24, 2.45) is 11.3 Å². The number of hydrogen-bond acceptors (Lipinski definition) is 2. The fourth-order valence-corrected chi connectivity index (χ4v) is 3.97. The number of nitrogens with one attached hydrogen (secondary N) is 1. The van der Waals surface area contributed by atoms with Crippen LogP contribution in [0.5, 0.6) is 0 Å². The van der Waals surface area contributed by atoms with Gasteiger partial charge >= 0.3 is 0 Å². The Kier molecular flexibility index (Phi) is 2.74. The minimum absolute atomic E-state index is 0.0181. The van der Waals surface area contributed by atoms with E-state index in [4.69, 9.17) is 0 Å². The second-order valence-electron chi connectivity index (χ2n) is 4.91. The Labute approximate surface area is 81.0 Å². The van der Waals surface area contributed by atoms with E-state index >= 15 is 0 Å². The zero-order valence-electron chi connectivity index (χ0n) is 8.79. The van der Waals surface area contributed by atoms with Gasteiger partial charge in [0.1, 0.15) is 0 Å². The van der Waals surface area contributed by atoms with Crippen molar-refractivity contribution in [2.45, 2.75) is 40.2 Å². The van der Waals surface area contributed by atoms with E-state index in [1.807, 2.05) is 6.92 Å². The molecule has 1 aliphatic heterocycles. The van der Waals surface area contributed by atoms with E-state index in [1.165, 1.54) is 0 Å². The Morgan fingerprint density at radius 3 is 2.23 bits per heavy atom. The van der Waals surface area contributed by atoms with Gasteiger partial charge in [0.15, 0.2) is 0 Å². The van der Waals surface area contributed by atoms with Gasteiger partial charge in [-0.25, -0.2) is 13.1 Å². The van der Waals surface area contributed by atoms with Crippen molar-refractivity contribution in [3.05, 3.63) is 0 Å². The Morgan fingerprint density at radius 2 is 1.92 bits per heavy atom. The summed E-state index contributed by atoms with van der Waals surface area (Å²) >= 11 is 0. The van der Waals surface area contributed by atoms with Gasteiger partial charge in [0.25, 0.3) is 0 Å². The SMILES string of the molecule is CC[C@H]1CS(=O)(=O)N[C@H]1C(C)(C)C. The monoisotopic (exact) mass is 205 g/mol. The van der Waals surface area contributed by atoms with Crippen LogP contribution in [0, 0.1) is 11.3 Å². The molecule has 0 aromatic carbocycles. The highest BCUT2D eigenvalue weighted by Gasteiger charge is 2.41. The van der Waals surface area contributed by atoms with E-state index < -0.39 is 10.0 Å². The van der Waals surface area contributed by atoms with Crippen LogP contribution >= 0.6 is 0 Å². The van der Waals surface area contributed by atoms with Crippen molar-refractivity contribution < 1.29 is 8.42 Å². The molecule has 0 aromatic rings. The molecule has 1 rings (SSSR count). The molecule has 78 valence electrons. The van der Waals surface area contributed by atoms with E-state index in [2.05, 4.69) is 25.5 Å². The van der Waals surface area contributed by atoms with Gasteiger partial charge in [-0.2, -0.15) is 0 Å². The van der Waals surface area contributed by atoms with Crippen LogP contribution in [0.15, 0.2) is 0 Å². The second-order valence-corrected chi connectivity index (χ2v) is 6.71. The number of rotatable bonds is 1. The van der Waals surface area contributed by atoms with E-state index in [1.54, 1.807) is 0 Å². The van der Waals surface area contributed by atoms with Gasteiger partial charge in [-0.15, -0.1) is 0 Å². The molecule has 1 fully saturated rings. The first-order chi connectivity index (χ1) is 5.76. The Bertz CT molecular complexity index is 276. The van der Waals surface area contributed by atoms with Crippen molar-refractivity contribution in [1.29, 1.82) is 0 Å². The van der Waals surface area contributed by atoms with Crippen LogP contribution < -0.4 is 4.72 Å². The normalized spacial score (nSPS) is 33.5. The van der Waals surface area contributed by atoms with Crippen LogP contribution in [0.3, 0.4) is 0 Å². The summed E-state index contributed by atoms with van der Waals surface area (Å²) in [5.41, 5.74) is 0.0181. The fraction of sp³-hybridized carbons (Fsp3) is 1.00. The van der Waals surface area contributed by atoms with E-state index in [-0.39, 0.29) is 17.4 Å². The predicted octanol–water partition coefficient (Wildman–Crippen LogP) is 1.36. The molecule has 1 heterocycles. The zero-order chi connectivity index (χ0) is 10.3. The summed E-state index contributed by atoms with van der Waals surface area (Å²) in [4.78, 5) is 0. The van der Waals surface area contributed by atoms with E-state index in [0.717, 1.165) is 6.42 Å². The average Bonchev–Trinajstić information content (AvgIpc) is 2.24. The van der Waals surface area contributed by atoms with E-state index in [9.17, 15) is 8.42 Å². The first-order valence-corrected chi connectivity index (χ1v) is 6.41. The standard InChI is InChI=1S/C9H19NO2S/c1-5-7-6-13(11,12)10-8(7)9(2,3)4/h7-8,10H,5-6H2,1-4H3/t7-,8+/m0/s1. The average molecular weight is 205 g/mol. The summed E-state index contributed by atoms with van der Waals surface area (Å²) in [5.74, 6) is 0.566. The summed E-state index contributed by atoms with van der Waals surface area (Å²) in [6.45, 7) is 8.28. The van der Waals surface area contributed by atoms with Gasteiger partial charge in [-0.05, 0) is 11.3 Å². The van der Waals surface area contributed by atoms with Gasteiger partial charge in [0.05, 0.1) is 5.75 Å². The molecule has 1 saturated heterocycles. The Morgan fingerprint density at radius 1 is 1.38 bits per heavy atom. The molecule has 13 heavy (non-hydrogen) atoms. The maximum absolute atomic E-state index is 11.3. The van der Waals surface area contributed by atoms with Crippen LogP contribution in [-0.2, 0) is 10.0 Å². The number of hydrogen-bond donors (Lipinski definition) is 1. The smallest absolute Gasteiger partial charge is 0.212 e. The molecule has 0 unspecified atom stereocenters. The van der Waals surface area contributed by atoms with Crippen LogP contribution in [0.25, 0.3) is 0 Å². The lowest BCUT2D eigenvalue weighted by Crippen LogP contribution is -2.40. The van der Waals surface area contributed by atoms with Crippen LogP contribution in [0.1, 0.15) is 34.1 Å². The van der Waals surface area contributed by atoms with Crippen LogP contribution in [-0.4, -0.2) is 20.2 Å². The molecule has 1 aliphatic rings. The van der Waals surface area contributed by atoms with Gasteiger partial charge in [0.2, 0.25) is 10.0 Å². The third-order valence-electron chi connectivity index (χ3n) is 2.67. The van der Waals surface area contributed by atoms with E-state index in [0.29, 0.717) is 5.75 Å². The minimum atomic E-state index is -2.99. The molecule has 0 radical (unpaired) electrons. The summed E-state index contributed by atoms with van der Waals surface area (Å²) in [6, 6.07) is 0.0995. The Balaban J connectivity index is 2.88. The minimum Gasteiger partial charge on any atom is -0.212 e. The molecule has 0 aromatic heterocycles. The topological polar surface area (TPSA) is 46.2 Å². The predicted molar refractivity (Wildman–Crippen MR) is 53.9 cm³/mol. The van der Waals surface area contributed by atoms with Crippen molar-refractivity contribution >= 4 is 10.0 Å². The summed E-state index contributed by atoms with van der Waals surface area (Å²) in [6.07, 6.45) is 0.925. The highest BCUT2D eigenvalue weighted by Crippen LogP contribution is 2.32. The molecule has 0 aliphatic carbocycles. The second kappa shape index (κ2) is 3.24. The third-order valence-corrected chi connectivity index (χ3v) is 4.15. The number of sulfonamides is 1. The molecule has 3 nitrogen and oxygen atoms in total. The van der Waals surface area contributed by atoms with Crippen molar-refractivity contribution in [3.8, 4) is 0 Å². The van der Waals surface area contributed by atoms with Gasteiger partial charge in [-0.1, -0.05) is 34.1 Å². The summed E-state index contributed by atoms with van der Waals surface area (Å²) in [5, 5.41) is 0. The Hall–Kier alpha value is -0.0900. The maximum Gasteiger partial charge on any atom is 0.212 e. The molecule has 0 saturated carbocycles. The molecule has 0 amide bonds. The molecule has 0 bridgehead atoms. The molecular formula is C9H19NO2S. The molecule has 2 atom stereocenters. The lowest BCUT2D eigenvalue weighted by atomic mass is 9.79. The lowest BCUT2D eigenvalue weighted by molar-refractivity contribution is 0.243.